The highest BCUT2D eigenvalue weighted by atomic mass is 79.9. The number of piperazine rings is 1. The Bertz CT molecular complexity index is 1020. The second-order valence-corrected chi connectivity index (χ2v) is 9.03. The van der Waals surface area contributed by atoms with E-state index < -0.39 is 11.7 Å². The minimum Gasteiger partial charge on any atom is -0.368 e. The molecule has 8 heteroatoms. The van der Waals surface area contributed by atoms with Crippen LogP contribution in [0, 0.1) is 0 Å². The van der Waals surface area contributed by atoms with Crippen molar-refractivity contribution in [1.29, 1.82) is 0 Å². The highest BCUT2D eigenvalue weighted by Gasteiger charge is 2.36. The Balaban J connectivity index is 1.63. The summed E-state index contributed by atoms with van der Waals surface area (Å²) >= 11 is 3.47. The van der Waals surface area contributed by atoms with E-state index in [1.165, 1.54) is 6.07 Å². The normalized spacial score (nSPS) is 22.5. The van der Waals surface area contributed by atoms with Gasteiger partial charge in [0.2, 0.25) is 0 Å². The first-order valence-corrected chi connectivity index (χ1v) is 11.0. The van der Waals surface area contributed by atoms with Gasteiger partial charge in [-0.1, -0.05) is 22.0 Å². The zero-order valence-electron chi connectivity index (χ0n) is 17.3. The highest BCUT2D eigenvalue weighted by Crippen LogP contribution is 2.39. The van der Waals surface area contributed by atoms with E-state index in [9.17, 15) is 13.2 Å². The third-order valence-electron chi connectivity index (χ3n) is 5.47. The molecule has 0 spiro atoms. The highest BCUT2D eigenvalue weighted by molar-refractivity contribution is 9.10. The van der Waals surface area contributed by atoms with Crippen LogP contribution in [0.5, 0.6) is 0 Å². The zero-order chi connectivity index (χ0) is 22.2. The quantitative estimate of drug-likeness (QED) is 0.590. The summed E-state index contributed by atoms with van der Waals surface area (Å²) in [7, 11) is 0. The molecule has 1 fully saturated rings. The van der Waals surface area contributed by atoms with Crippen molar-refractivity contribution in [3.05, 3.63) is 63.8 Å². The molecule has 4 rings (SSSR count). The lowest BCUT2D eigenvalue weighted by atomic mass is 9.99. The lowest BCUT2D eigenvalue weighted by molar-refractivity contribution is -0.137. The molecule has 2 atom stereocenters. The summed E-state index contributed by atoms with van der Waals surface area (Å²) < 4.78 is 42.7. The molecular weight excluding hydrogens is 469 g/mol. The molecule has 0 radical (unpaired) electrons. The number of aliphatic imine (C=N–C) groups is 1. The Morgan fingerprint density at radius 2 is 1.87 bits per heavy atom. The number of hydrogen-bond acceptors (Lipinski definition) is 4. The minimum atomic E-state index is -4.44. The number of benzene rings is 2. The number of rotatable bonds is 3. The number of hydrogen-bond donors (Lipinski definition) is 2. The smallest absolute Gasteiger partial charge is 0.368 e. The third kappa shape index (κ3) is 4.96. The largest absolute Gasteiger partial charge is 0.418 e. The number of nitrogens with zero attached hydrogens (tertiary/aromatic N) is 2. The van der Waals surface area contributed by atoms with E-state index in [2.05, 4.69) is 31.6 Å². The van der Waals surface area contributed by atoms with Gasteiger partial charge in [0, 0.05) is 53.4 Å². The zero-order valence-corrected chi connectivity index (χ0v) is 18.9. The monoisotopic (exact) mass is 492 g/mol. The lowest BCUT2D eigenvalue weighted by Gasteiger charge is -2.38. The molecule has 0 unspecified atom stereocenters. The van der Waals surface area contributed by atoms with Crippen LogP contribution in [-0.4, -0.2) is 37.9 Å². The fraction of sp³-hybridized carbons (Fsp3) is 0.348. The van der Waals surface area contributed by atoms with Crippen LogP contribution >= 0.6 is 15.9 Å². The molecule has 2 aliphatic rings. The van der Waals surface area contributed by atoms with Gasteiger partial charge in [0.25, 0.3) is 0 Å². The summed E-state index contributed by atoms with van der Waals surface area (Å²) in [5.41, 5.74) is 2.90. The third-order valence-corrected chi connectivity index (χ3v) is 5.96. The average Bonchev–Trinajstić information content (AvgIpc) is 2.70. The van der Waals surface area contributed by atoms with Gasteiger partial charge < -0.3 is 15.5 Å². The second-order valence-electron chi connectivity index (χ2n) is 8.12. The van der Waals surface area contributed by atoms with Crippen molar-refractivity contribution in [2.75, 3.05) is 29.9 Å². The van der Waals surface area contributed by atoms with E-state index in [-0.39, 0.29) is 17.8 Å². The van der Waals surface area contributed by atoms with Gasteiger partial charge in [-0.3, -0.25) is 4.99 Å². The fourth-order valence-electron chi connectivity index (χ4n) is 4.19. The molecule has 164 valence electrons. The first-order valence-electron chi connectivity index (χ1n) is 10.2. The molecule has 0 aliphatic carbocycles. The van der Waals surface area contributed by atoms with E-state index in [1.54, 1.807) is 18.3 Å². The predicted molar refractivity (Wildman–Crippen MR) is 124 cm³/mol. The topological polar surface area (TPSA) is 39.7 Å². The van der Waals surface area contributed by atoms with E-state index in [4.69, 9.17) is 0 Å². The van der Waals surface area contributed by atoms with Crippen molar-refractivity contribution in [2.45, 2.75) is 32.1 Å². The molecule has 0 amide bonds. The summed E-state index contributed by atoms with van der Waals surface area (Å²) in [6, 6.07) is 10.6. The molecule has 2 heterocycles. The Hall–Kier alpha value is -2.32. The maximum Gasteiger partial charge on any atom is 0.418 e. The van der Waals surface area contributed by atoms with Gasteiger partial charge in [-0.2, -0.15) is 13.2 Å². The van der Waals surface area contributed by atoms with Gasteiger partial charge in [-0.15, -0.1) is 0 Å². The van der Waals surface area contributed by atoms with Gasteiger partial charge in [-0.25, -0.2) is 0 Å². The van der Waals surface area contributed by atoms with Crippen molar-refractivity contribution in [2.24, 2.45) is 4.99 Å². The van der Waals surface area contributed by atoms with Crippen LogP contribution in [0.15, 0.2) is 52.1 Å². The molecule has 2 aliphatic heterocycles. The van der Waals surface area contributed by atoms with Crippen LogP contribution in [0.25, 0.3) is 5.57 Å². The molecule has 2 aromatic rings. The summed E-state index contributed by atoms with van der Waals surface area (Å²) in [5, 5.41) is 6.41. The number of anilines is 2. The molecule has 1 saturated heterocycles. The van der Waals surface area contributed by atoms with Gasteiger partial charge in [0.1, 0.15) is 0 Å². The van der Waals surface area contributed by atoms with E-state index in [0.29, 0.717) is 25.3 Å². The van der Waals surface area contributed by atoms with Crippen LogP contribution < -0.4 is 15.5 Å². The van der Waals surface area contributed by atoms with Crippen molar-refractivity contribution in [1.82, 2.24) is 5.32 Å². The first kappa shape index (κ1) is 21.9. The number of nitrogens with one attached hydrogen (secondary N) is 2. The molecule has 0 saturated carbocycles. The summed E-state index contributed by atoms with van der Waals surface area (Å²) in [6.07, 6.45) is -0.888. The SMILES string of the molecule is C[C@@H]1CN(c2ccc(N/C=C3\CN=Cc4ccc(Br)cc43)cc2C(F)(F)F)C[C@H](C)N1. The molecule has 31 heavy (non-hydrogen) atoms. The Morgan fingerprint density at radius 1 is 1.13 bits per heavy atom. The first-order chi connectivity index (χ1) is 14.7. The Kier molecular flexibility index (Phi) is 6.12. The van der Waals surface area contributed by atoms with E-state index >= 15 is 0 Å². The summed E-state index contributed by atoms with van der Waals surface area (Å²) in [4.78, 5) is 6.17. The second kappa shape index (κ2) is 8.67. The van der Waals surface area contributed by atoms with Crippen molar-refractivity contribution in [3.63, 3.8) is 0 Å². The van der Waals surface area contributed by atoms with Gasteiger partial charge in [0.15, 0.2) is 0 Å². The van der Waals surface area contributed by atoms with Crippen molar-refractivity contribution >= 4 is 39.1 Å². The molecule has 2 aromatic carbocycles. The van der Waals surface area contributed by atoms with Crippen LogP contribution in [0.3, 0.4) is 0 Å². The molecule has 0 aromatic heterocycles. The number of fused-ring (bicyclic) bond motifs is 1. The minimum absolute atomic E-state index is 0.124. The average molecular weight is 493 g/mol. The van der Waals surface area contributed by atoms with Crippen LogP contribution in [0.1, 0.15) is 30.5 Å². The predicted octanol–water partition coefficient (Wildman–Crippen LogP) is 5.54. The Morgan fingerprint density at radius 3 is 2.58 bits per heavy atom. The van der Waals surface area contributed by atoms with Crippen LogP contribution in [0.2, 0.25) is 0 Å². The van der Waals surface area contributed by atoms with Gasteiger partial charge in [0.05, 0.1) is 12.1 Å². The Labute approximate surface area is 188 Å². The van der Waals surface area contributed by atoms with E-state index in [0.717, 1.165) is 21.2 Å². The number of halogens is 4. The molecule has 0 bridgehead atoms. The van der Waals surface area contributed by atoms with Crippen LogP contribution in [0.4, 0.5) is 24.5 Å². The molecule has 4 nitrogen and oxygen atoms in total. The molecule has 2 N–H and O–H groups in total. The fourth-order valence-corrected chi connectivity index (χ4v) is 4.55. The lowest BCUT2D eigenvalue weighted by Crippen LogP contribution is -2.54. The number of alkyl halides is 3. The maximum absolute atomic E-state index is 13.9. The molecular formula is C23H24BrF3N4. The van der Waals surface area contributed by atoms with Crippen LogP contribution in [-0.2, 0) is 6.18 Å². The van der Waals surface area contributed by atoms with E-state index in [1.807, 2.05) is 43.2 Å². The summed E-state index contributed by atoms with van der Waals surface area (Å²) in [5.74, 6) is 0. The van der Waals surface area contributed by atoms with Gasteiger partial charge >= 0.3 is 6.18 Å². The van der Waals surface area contributed by atoms with Crippen molar-refractivity contribution < 1.29 is 13.2 Å². The summed E-state index contributed by atoms with van der Waals surface area (Å²) in [6.45, 7) is 5.51. The maximum atomic E-state index is 13.9. The van der Waals surface area contributed by atoms with Gasteiger partial charge in [-0.05, 0) is 60.9 Å². The standard InChI is InChI=1S/C23H24BrF3N4/c1-14-12-31(13-15(2)30-14)22-6-5-19(8-21(22)23(25,26)27)29-11-17-10-28-9-16-3-4-18(24)7-20(16)17/h3-9,11,14-15,29-30H,10,12-13H2,1-2H3/b17-11+/t14-,15+. The van der Waals surface area contributed by atoms with Crippen molar-refractivity contribution in [3.8, 4) is 0 Å².